The Balaban J connectivity index is 2.21. The third-order valence-corrected chi connectivity index (χ3v) is 3.97. The van der Waals surface area contributed by atoms with E-state index in [0.717, 1.165) is 28.6 Å². The average molecular weight is 330 g/mol. The van der Waals surface area contributed by atoms with Crippen molar-refractivity contribution in [3.8, 4) is 17.3 Å². The van der Waals surface area contributed by atoms with Crippen LogP contribution in [-0.2, 0) is 13.0 Å². The lowest BCUT2D eigenvalue weighted by molar-refractivity contribution is 0.0972. The van der Waals surface area contributed by atoms with E-state index in [1.807, 2.05) is 24.3 Å². The van der Waals surface area contributed by atoms with Crippen LogP contribution in [0.2, 0.25) is 0 Å². The third-order valence-electron chi connectivity index (χ3n) is 3.47. The Morgan fingerprint density at radius 2 is 2.25 bits per heavy atom. The molecule has 1 aromatic carbocycles. The second-order valence-electron chi connectivity index (χ2n) is 4.77. The number of nitriles is 1. The second kappa shape index (κ2) is 5.22. The van der Waals surface area contributed by atoms with Crippen molar-refractivity contribution >= 4 is 21.7 Å². The summed E-state index contributed by atoms with van der Waals surface area (Å²) >= 11 is 3.44. The molecule has 4 nitrogen and oxygen atoms in total. The van der Waals surface area contributed by atoms with E-state index in [9.17, 15) is 4.79 Å². The van der Waals surface area contributed by atoms with Crippen molar-refractivity contribution in [1.82, 2.24) is 9.78 Å². The Morgan fingerprint density at radius 3 is 3.00 bits per heavy atom. The number of halogens is 1. The molecule has 5 heteroatoms. The van der Waals surface area contributed by atoms with Gasteiger partial charge in [-0.3, -0.25) is 9.48 Å². The molecule has 3 rings (SSSR count). The van der Waals surface area contributed by atoms with Crippen LogP contribution >= 0.6 is 15.9 Å². The highest BCUT2D eigenvalue weighted by Crippen LogP contribution is 2.32. The molecule has 1 aromatic heterocycles. The minimum atomic E-state index is 0.130. The van der Waals surface area contributed by atoms with Crippen molar-refractivity contribution in [3.63, 3.8) is 0 Å². The highest BCUT2D eigenvalue weighted by molar-refractivity contribution is 9.10. The molecule has 1 heterocycles. The smallest absolute Gasteiger partial charge is 0.166 e. The lowest BCUT2D eigenvalue weighted by Gasteiger charge is -2.12. The summed E-state index contributed by atoms with van der Waals surface area (Å²) < 4.78 is 2.62. The number of ketones is 1. The number of fused-ring (bicyclic) bond motifs is 1. The van der Waals surface area contributed by atoms with Gasteiger partial charge in [0.1, 0.15) is 12.2 Å². The molecule has 0 spiro atoms. The van der Waals surface area contributed by atoms with Crippen molar-refractivity contribution in [2.45, 2.75) is 25.8 Å². The summed E-state index contributed by atoms with van der Waals surface area (Å²) in [6.07, 6.45) is 2.21. The Labute approximate surface area is 125 Å². The van der Waals surface area contributed by atoms with Crippen LogP contribution in [0.3, 0.4) is 0 Å². The van der Waals surface area contributed by atoms with Crippen LogP contribution in [0.5, 0.6) is 0 Å². The molecule has 1 aliphatic rings. The van der Waals surface area contributed by atoms with E-state index in [-0.39, 0.29) is 12.3 Å². The number of hydrogen-bond acceptors (Lipinski definition) is 3. The minimum Gasteiger partial charge on any atom is -0.294 e. The van der Waals surface area contributed by atoms with E-state index in [4.69, 9.17) is 5.26 Å². The molecule has 0 N–H and O–H groups in total. The quantitative estimate of drug-likeness (QED) is 0.848. The predicted octanol–water partition coefficient (Wildman–Crippen LogP) is 3.36. The van der Waals surface area contributed by atoms with E-state index in [1.165, 1.54) is 0 Å². The van der Waals surface area contributed by atoms with Gasteiger partial charge in [0.25, 0.3) is 0 Å². The molecule has 100 valence electrons. The zero-order valence-corrected chi connectivity index (χ0v) is 12.4. The van der Waals surface area contributed by atoms with Crippen molar-refractivity contribution in [3.05, 3.63) is 40.0 Å². The molecule has 0 bridgehead atoms. The molecular formula is C15H12BrN3O. The van der Waals surface area contributed by atoms with Crippen LogP contribution in [0.1, 0.15) is 28.9 Å². The summed E-state index contributed by atoms with van der Waals surface area (Å²) in [5, 5.41) is 13.4. The van der Waals surface area contributed by atoms with Gasteiger partial charge < -0.3 is 0 Å². The summed E-state index contributed by atoms with van der Waals surface area (Å²) in [5.74, 6) is 0.130. The number of Topliss-reactive ketones (excluding diaryl/α,β-unsaturated/α-hetero) is 1. The van der Waals surface area contributed by atoms with Crippen molar-refractivity contribution in [2.24, 2.45) is 0 Å². The first-order valence-electron chi connectivity index (χ1n) is 6.46. The summed E-state index contributed by atoms with van der Waals surface area (Å²) in [6, 6.07) is 9.84. The number of hydrogen-bond donors (Lipinski definition) is 0. The van der Waals surface area contributed by atoms with Crippen LogP contribution in [0.25, 0.3) is 11.3 Å². The van der Waals surface area contributed by atoms with E-state index in [2.05, 4.69) is 27.1 Å². The second-order valence-corrected chi connectivity index (χ2v) is 5.69. The van der Waals surface area contributed by atoms with Gasteiger partial charge in [-0.15, -0.1) is 0 Å². The van der Waals surface area contributed by atoms with E-state index < -0.39 is 0 Å². The molecule has 0 amide bonds. The van der Waals surface area contributed by atoms with E-state index in [1.54, 1.807) is 4.68 Å². The molecule has 0 saturated heterocycles. The molecule has 0 aliphatic heterocycles. The Bertz CT molecular complexity index is 727. The van der Waals surface area contributed by atoms with E-state index >= 15 is 0 Å². The molecule has 0 atom stereocenters. The SMILES string of the molecule is N#CCn1nc(-c2cccc(Br)c2)c2c1CCCC2=O. The maximum Gasteiger partial charge on any atom is 0.166 e. The van der Waals surface area contributed by atoms with Gasteiger partial charge in [0.15, 0.2) is 5.78 Å². The summed E-state index contributed by atoms with van der Waals surface area (Å²) in [4.78, 5) is 12.2. The molecule has 0 fully saturated rings. The van der Waals surface area contributed by atoms with Crippen LogP contribution in [0.15, 0.2) is 28.7 Å². The van der Waals surface area contributed by atoms with Gasteiger partial charge in [0, 0.05) is 16.5 Å². The highest BCUT2D eigenvalue weighted by Gasteiger charge is 2.27. The van der Waals surface area contributed by atoms with E-state index in [0.29, 0.717) is 17.7 Å². The highest BCUT2D eigenvalue weighted by atomic mass is 79.9. The molecule has 0 saturated carbocycles. The number of nitrogens with zero attached hydrogens (tertiary/aromatic N) is 3. The van der Waals surface area contributed by atoms with Gasteiger partial charge in [0.05, 0.1) is 17.3 Å². The zero-order valence-electron chi connectivity index (χ0n) is 10.8. The summed E-state index contributed by atoms with van der Waals surface area (Å²) in [7, 11) is 0. The Kier molecular flexibility index (Phi) is 3.41. The number of benzene rings is 1. The number of rotatable bonds is 2. The normalized spacial score (nSPS) is 13.9. The van der Waals surface area contributed by atoms with Gasteiger partial charge in [0.2, 0.25) is 0 Å². The average Bonchev–Trinajstić information content (AvgIpc) is 2.80. The van der Waals surface area contributed by atoms with Gasteiger partial charge in [-0.25, -0.2) is 0 Å². The number of carbonyl (C=O) groups is 1. The van der Waals surface area contributed by atoms with Crippen LogP contribution in [-0.4, -0.2) is 15.6 Å². The molecular weight excluding hydrogens is 318 g/mol. The monoisotopic (exact) mass is 329 g/mol. The zero-order chi connectivity index (χ0) is 14.1. The molecule has 20 heavy (non-hydrogen) atoms. The first kappa shape index (κ1) is 13.1. The molecule has 0 radical (unpaired) electrons. The number of aromatic nitrogens is 2. The molecule has 1 aliphatic carbocycles. The Hall–Kier alpha value is -1.93. The van der Waals surface area contributed by atoms with Gasteiger partial charge in [-0.05, 0) is 25.0 Å². The molecule has 0 unspecified atom stereocenters. The van der Waals surface area contributed by atoms with Gasteiger partial charge in [-0.1, -0.05) is 28.1 Å². The standard InChI is InChI=1S/C15H12BrN3O/c16-11-4-1-3-10(9-11)15-14-12(5-2-6-13(14)20)19(18-15)8-7-17/h1,3-4,9H,2,5-6,8H2. The fourth-order valence-corrected chi connectivity index (χ4v) is 3.02. The minimum absolute atomic E-state index is 0.130. The summed E-state index contributed by atoms with van der Waals surface area (Å²) in [6.45, 7) is 0.184. The van der Waals surface area contributed by atoms with Crippen LogP contribution in [0, 0.1) is 11.3 Å². The largest absolute Gasteiger partial charge is 0.294 e. The lowest BCUT2D eigenvalue weighted by Crippen LogP contribution is -2.13. The van der Waals surface area contributed by atoms with Gasteiger partial charge >= 0.3 is 0 Å². The fourth-order valence-electron chi connectivity index (χ4n) is 2.62. The van der Waals surface area contributed by atoms with Crippen molar-refractivity contribution in [2.75, 3.05) is 0 Å². The van der Waals surface area contributed by atoms with Crippen molar-refractivity contribution < 1.29 is 4.79 Å². The first-order chi connectivity index (χ1) is 9.70. The van der Waals surface area contributed by atoms with Crippen molar-refractivity contribution in [1.29, 1.82) is 5.26 Å². The lowest BCUT2D eigenvalue weighted by atomic mass is 9.92. The maximum absolute atomic E-state index is 12.2. The summed E-state index contributed by atoms with van der Waals surface area (Å²) in [5.41, 5.74) is 3.20. The maximum atomic E-state index is 12.2. The molecule has 2 aromatic rings. The number of carbonyl (C=O) groups excluding carboxylic acids is 1. The topological polar surface area (TPSA) is 58.7 Å². The van der Waals surface area contributed by atoms with Crippen LogP contribution in [0.4, 0.5) is 0 Å². The van der Waals surface area contributed by atoms with Gasteiger partial charge in [-0.2, -0.15) is 10.4 Å². The Morgan fingerprint density at radius 1 is 1.40 bits per heavy atom. The third kappa shape index (κ3) is 2.16. The van der Waals surface area contributed by atoms with Crippen LogP contribution < -0.4 is 0 Å². The fraction of sp³-hybridized carbons (Fsp3) is 0.267. The first-order valence-corrected chi connectivity index (χ1v) is 7.26. The predicted molar refractivity (Wildman–Crippen MR) is 78.2 cm³/mol.